The molecule has 5 nitrogen and oxygen atoms in total. The van der Waals surface area contributed by atoms with E-state index in [-0.39, 0.29) is 5.91 Å². The van der Waals surface area contributed by atoms with E-state index in [9.17, 15) is 4.79 Å². The van der Waals surface area contributed by atoms with Gasteiger partial charge in [0.2, 0.25) is 5.91 Å². The summed E-state index contributed by atoms with van der Waals surface area (Å²) in [4.78, 5) is 18.6. The number of ether oxygens (including phenoxy) is 1. The monoisotopic (exact) mass is 331 g/mol. The molecular formula is C19H29N3O2. The number of methoxy groups -OCH3 is 1. The molecule has 132 valence electrons. The number of carbonyl (C=O) groups excluding carboxylic acids is 1. The molecule has 0 saturated carbocycles. The van der Waals surface area contributed by atoms with Crippen LogP contribution in [0, 0.1) is 5.92 Å². The standard InChI is InChI=1S/C19H29N3O2/c1-16(23)22-8-4-5-17(15-22)14-20-9-11-21(12-10-20)18-6-3-7-19(13-18)24-2/h3,6-7,13,17H,4-5,8-12,14-15H2,1-2H3. The first kappa shape index (κ1) is 17.1. The van der Waals surface area contributed by atoms with E-state index in [1.54, 1.807) is 14.0 Å². The fourth-order valence-electron chi connectivity index (χ4n) is 3.86. The van der Waals surface area contributed by atoms with Crippen LogP contribution in [0.15, 0.2) is 24.3 Å². The molecule has 2 heterocycles. The van der Waals surface area contributed by atoms with Gasteiger partial charge in [0.05, 0.1) is 7.11 Å². The maximum absolute atomic E-state index is 11.6. The summed E-state index contributed by atoms with van der Waals surface area (Å²) in [6.45, 7) is 8.97. The van der Waals surface area contributed by atoms with Crippen LogP contribution in [-0.4, -0.2) is 68.6 Å². The lowest BCUT2D eigenvalue weighted by atomic mass is 9.97. The highest BCUT2D eigenvalue weighted by molar-refractivity contribution is 5.73. The summed E-state index contributed by atoms with van der Waals surface area (Å²) in [7, 11) is 1.71. The van der Waals surface area contributed by atoms with Gasteiger partial charge in [-0.3, -0.25) is 9.69 Å². The lowest BCUT2D eigenvalue weighted by Gasteiger charge is -2.40. The van der Waals surface area contributed by atoms with Crippen molar-refractivity contribution in [2.75, 3.05) is 57.8 Å². The number of anilines is 1. The molecular weight excluding hydrogens is 302 g/mol. The van der Waals surface area contributed by atoms with Crippen LogP contribution in [0.3, 0.4) is 0 Å². The number of piperidine rings is 1. The molecule has 0 aromatic heterocycles. The summed E-state index contributed by atoms with van der Waals surface area (Å²) in [6.07, 6.45) is 2.40. The predicted molar refractivity (Wildman–Crippen MR) is 96.6 cm³/mol. The Kier molecular flexibility index (Phi) is 5.61. The Morgan fingerprint density at radius 1 is 1.21 bits per heavy atom. The lowest BCUT2D eigenvalue weighted by Crippen LogP contribution is -2.50. The van der Waals surface area contributed by atoms with Gasteiger partial charge in [-0.05, 0) is 30.9 Å². The molecule has 1 amide bonds. The SMILES string of the molecule is COc1cccc(N2CCN(CC3CCCN(C(C)=O)C3)CC2)c1. The minimum atomic E-state index is 0.225. The van der Waals surface area contributed by atoms with E-state index >= 15 is 0 Å². The Balaban J connectivity index is 1.49. The Labute approximate surface area is 145 Å². The van der Waals surface area contributed by atoms with Gasteiger partial charge in [-0.25, -0.2) is 0 Å². The van der Waals surface area contributed by atoms with E-state index in [1.165, 1.54) is 12.1 Å². The lowest BCUT2D eigenvalue weighted by molar-refractivity contribution is -0.130. The predicted octanol–water partition coefficient (Wildman–Crippen LogP) is 2.08. The van der Waals surface area contributed by atoms with Gasteiger partial charge in [-0.2, -0.15) is 0 Å². The Morgan fingerprint density at radius 3 is 2.71 bits per heavy atom. The molecule has 2 aliphatic rings. The number of carbonyl (C=O) groups is 1. The minimum Gasteiger partial charge on any atom is -0.497 e. The summed E-state index contributed by atoms with van der Waals surface area (Å²) in [5.74, 6) is 1.77. The number of rotatable bonds is 4. The van der Waals surface area contributed by atoms with Crippen LogP contribution in [0.25, 0.3) is 0 Å². The summed E-state index contributed by atoms with van der Waals surface area (Å²) in [5, 5.41) is 0. The van der Waals surface area contributed by atoms with Crippen molar-refractivity contribution in [2.45, 2.75) is 19.8 Å². The van der Waals surface area contributed by atoms with Crippen LogP contribution < -0.4 is 9.64 Å². The number of benzene rings is 1. The number of hydrogen-bond acceptors (Lipinski definition) is 4. The molecule has 1 atom stereocenters. The Morgan fingerprint density at radius 2 is 2.00 bits per heavy atom. The first-order chi connectivity index (χ1) is 11.7. The van der Waals surface area contributed by atoms with Crippen molar-refractivity contribution in [3.63, 3.8) is 0 Å². The summed E-state index contributed by atoms with van der Waals surface area (Å²) in [5.41, 5.74) is 1.24. The van der Waals surface area contributed by atoms with Crippen molar-refractivity contribution < 1.29 is 9.53 Å². The summed E-state index contributed by atoms with van der Waals surface area (Å²) >= 11 is 0. The molecule has 3 rings (SSSR count). The molecule has 24 heavy (non-hydrogen) atoms. The molecule has 5 heteroatoms. The quantitative estimate of drug-likeness (QED) is 0.846. The largest absolute Gasteiger partial charge is 0.497 e. The molecule has 2 fully saturated rings. The third-order valence-electron chi connectivity index (χ3n) is 5.27. The first-order valence-electron chi connectivity index (χ1n) is 9.02. The molecule has 2 aliphatic heterocycles. The molecule has 0 radical (unpaired) electrons. The van der Waals surface area contributed by atoms with Gasteiger partial charge in [0, 0.05) is 64.5 Å². The molecule has 0 spiro atoms. The van der Waals surface area contributed by atoms with Gasteiger partial charge < -0.3 is 14.5 Å². The number of nitrogens with zero attached hydrogens (tertiary/aromatic N) is 3. The van der Waals surface area contributed by atoms with Crippen molar-refractivity contribution in [1.29, 1.82) is 0 Å². The summed E-state index contributed by atoms with van der Waals surface area (Å²) in [6, 6.07) is 8.31. The van der Waals surface area contributed by atoms with E-state index in [0.29, 0.717) is 5.92 Å². The average molecular weight is 331 g/mol. The van der Waals surface area contributed by atoms with E-state index in [1.807, 2.05) is 11.0 Å². The maximum atomic E-state index is 11.6. The zero-order chi connectivity index (χ0) is 16.9. The molecule has 1 unspecified atom stereocenters. The number of amides is 1. The molecule has 1 aromatic rings. The third kappa shape index (κ3) is 4.20. The second-order valence-electron chi connectivity index (χ2n) is 6.96. The maximum Gasteiger partial charge on any atom is 0.219 e. The van der Waals surface area contributed by atoms with Gasteiger partial charge in [0.1, 0.15) is 5.75 Å². The van der Waals surface area contributed by atoms with Crippen LogP contribution in [0.4, 0.5) is 5.69 Å². The summed E-state index contributed by atoms with van der Waals surface area (Å²) < 4.78 is 5.33. The highest BCUT2D eigenvalue weighted by Gasteiger charge is 2.25. The van der Waals surface area contributed by atoms with Gasteiger partial charge >= 0.3 is 0 Å². The molecule has 2 saturated heterocycles. The Hall–Kier alpha value is -1.75. The number of hydrogen-bond donors (Lipinski definition) is 0. The number of piperazine rings is 1. The van der Waals surface area contributed by atoms with Crippen LogP contribution >= 0.6 is 0 Å². The second kappa shape index (κ2) is 7.88. The van der Waals surface area contributed by atoms with Crippen molar-refractivity contribution in [3.8, 4) is 5.75 Å². The van der Waals surface area contributed by atoms with Crippen LogP contribution in [-0.2, 0) is 4.79 Å². The zero-order valence-corrected chi connectivity index (χ0v) is 14.9. The van der Waals surface area contributed by atoms with Crippen LogP contribution in [0.5, 0.6) is 5.75 Å². The van der Waals surface area contributed by atoms with Crippen molar-refractivity contribution in [3.05, 3.63) is 24.3 Å². The smallest absolute Gasteiger partial charge is 0.219 e. The van der Waals surface area contributed by atoms with Gasteiger partial charge in [0.25, 0.3) is 0 Å². The number of likely N-dealkylation sites (tertiary alicyclic amines) is 1. The van der Waals surface area contributed by atoms with E-state index in [2.05, 4.69) is 28.0 Å². The molecule has 0 N–H and O–H groups in total. The van der Waals surface area contributed by atoms with Gasteiger partial charge in [0.15, 0.2) is 0 Å². The zero-order valence-electron chi connectivity index (χ0n) is 14.9. The molecule has 0 bridgehead atoms. The third-order valence-corrected chi connectivity index (χ3v) is 5.27. The fourth-order valence-corrected chi connectivity index (χ4v) is 3.86. The molecule has 0 aliphatic carbocycles. The van der Waals surface area contributed by atoms with Crippen molar-refractivity contribution in [1.82, 2.24) is 9.80 Å². The van der Waals surface area contributed by atoms with E-state index < -0.39 is 0 Å². The molecule has 1 aromatic carbocycles. The minimum absolute atomic E-state index is 0.225. The Bertz CT molecular complexity index is 555. The van der Waals surface area contributed by atoms with Gasteiger partial charge in [-0.1, -0.05) is 6.07 Å². The van der Waals surface area contributed by atoms with Crippen molar-refractivity contribution in [2.24, 2.45) is 5.92 Å². The van der Waals surface area contributed by atoms with E-state index in [4.69, 9.17) is 4.74 Å². The normalized spacial score (nSPS) is 22.5. The van der Waals surface area contributed by atoms with Gasteiger partial charge in [-0.15, -0.1) is 0 Å². The first-order valence-corrected chi connectivity index (χ1v) is 9.02. The van der Waals surface area contributed by atoms with Crippen LogP contribution in [0.1, 0.15) is 19.8 Å². The van der Waals surface area contributed by atoms with E-state index in [0.717, 1.165) is 58.0 Å². The van der Waals surface area contributed by atoms with Crippen LogP contribution in [0.2, 0.25) is 0 Å². The topological polar surface area (TPSA) is 36.0 Å². The highest BCUT2D eigenvalue weighted by atomic mass is 16.5. The average Bonchev–Trinajstić information content (AvgIpc) is 2.62. The second-order valence-corrected chi connectivity index (χ2v) is 6.96. The van der Waals surface area contributed by atoms with Crippen molar-refractivity contribution >= 4 is 11.6 Å². The fraction of sp³-hybridized carbons (Fsp3) is 0.632. The highest BCUT2D eigenvalue weighted by Crippen LogP contribution is 2.23.